The Hall–Kier alpha value is -2.87. The highest BCUT2D eigenvalue weighted by atomic mass is 16.4. The maximum atomic E-state index is 13.5. The van der Waals surface area contributed by atoms with E-state index in [9.17, 15) is 9.90 Å². The van der Waals surface area contributed by atoms with Crippen molar-refractivity contribution < 1.29 is 9.90 Å². The Morgan fingerprint density at radius 1 is 0.959 bits per heavy atom. The van der Waals surface area contributed by atoms with E-state index in [2.05, 4.69) is 88.7 Å². The van der Waals surface area contributed by atoms with E-state index in [0.717, 1.165) is 101 Å². The summed E-state index contributed by atoms with van der Waals surface area (Å²) in [6.45, 7) is 21.3. The van der Waals surface area contributed by atoms with Crippen molar-refractivity contribution in [1.29, 1.82) is 0 Å². The normalized spacial score (nSPS) is 39.7. The molecule has 1 saturated heterocycles. The maximum absolute atomic E-state index is 13.5. The number of carboxylic acids is 1. The third-order valence-electron chi connectivity index (χ3n) is 16.3. The van der Waals surface area contributed by atoms with E-state index in [0.29, 0.717) is 11.8 Å². The van der Waals surface area contributed by atoms with Crippen LogP contribution in [0.25, 0.3) is 5.57 Å². The van der Waals surface area contributed by atoms with E-state index >= 15 is 0 Å². The lowest BCUT2D eigenvalue weighted by atomic mass is 9.33. The highest BCUT2D eigenvalue weighted by molar-refractivity contribution is 5.80. The number of nitrogens with one attached hydrogen (secondary N) is 1. The van der Waals surface area contributed by atoms with Gasteiger partial charge >= 0.3 is 5.97 Å². The number of hydrogen-bond donors (Lipinski definition) is 3. The molecule has 0 aromatic carbocycles. The zero-order valence-electron chi connectivity index (χ0n) is 31.4. The summed E-state index contributed by atoms with van der Waals surface area (Å²) in [7, 11) is 2.19. The van der Waals surface area contributed by atoms with Crippen LogP contribution in [0.2, 0.25) is 0 Å². The van der Waals surface area contributed by atoms with Gasteiger partial charge in [-0.1, -0.05) is 54.0 Å². The highest BCUT2D eigenvalue weighted by Gasteiger charge is 2.70. The standard InChI is InChI=1S/C41H60N6O2/c1-36(2)13-15-41(35(48)49)16-14-40(7)32(28(41)23-36)26(25-9-10-31(43-24-25)47-19-17-46(8)18-20-47)21-30-38(5)22-27-33(44-45-34(27)42)37(3,4)29(38)11-12-39(30,40)6/h9-10,24,28-30H,11-23H2,1-8H3,(H,48,49)(H3,42,44,45). The minimum absolute atomic E-state index is 0.0155. The lowest BCUT2D eigenvalue weighted by Crippen LogP contribution is -2.65. The Labute approximate surface area is 293 Å². The van der Waals surface area contributed by atoms with Crippen LogP contribution in [-0.2, 0) is 16.6 Å². The van der Waals surface area contributed by atoms with Crippen molar-refractivity contribution in [1.82, 2.24) is 20.1 Å². The molecule has 8 nitrogen and oxygen atoms in total. The number of aliphatic carboxylic acids is 1. The van der Waals surface area contributed by atoms with Crippen LogP contribution in [-0.4, -0.2) is 64.4 Å². The molecule has 49 heavy (non-hydrogen) atoms. The van der Waals surface area contributed by atoms with Crippen LogP contribution >= 0.6 is 0 Å². The topological polar surface area (TPSA) is 111 Å². The minimum Gasteiger partial charge on any atom is -0.481 e. The number of nitrogens with zero attached hydrogens (tertiary/aromatic N) is 4. The zero-order valence-corrected chi connectivity index (χ0v) is 31.4. The Morgan fingerprint density at radius 3 is 2.35 bits per heavy atom. The summed E-state index contributed by atoms with van der Waals surface area (Å²) in [5, 5.41) is 19.1. The third kappa shape index (κ3) is 4.46. The first kappa shape index (κ1) is 33.3. The van der Waals surface area contributed by atoms with Crippen molar-refractivity contribution >= 4 is 23.2 Å². The molecule has 6 aliphatic rings. The summed E-state index contributed by atoms with van der Waals surface area (Å²) in [4.78, 5) is 23.5. The number of piperazine rings is 1. The monoisotopic (exact) mass is 668 g/mol. The Balaban J connectivity index is 1.32. The second kappa shape index (κ2) is 10.6. The van der Waals surface area contributed by atoms with Crippen LogP contribution in [0, 0.1) is 44.8 Å². The molecular weight excluding hydrogens is 608 g/mol. The number of pyridine rings is 1. The Bertz CT molecular complexity index is 1700. The number of nitrogen functional groups attached to an aromatic ring is 1. The van der Waals surface area contributed by atoms with E-state index in [1.807, 2.05) is 0 Å². The second-order valence-corrected chi connectivity index (χ2v) is 19.4. The lowest BCUT2D eigenvalue weighted by Gasteiger charge is -2.71. The van der Waals surface area contributed by atoms with Crippen molar-refractivity contribution in [3.8, 4) is 0 Å². The van der Waals surface area contributed by atoms with E-state index in [4.69, 9.17) is 15.8 Å². The van der Waals surface area contributed by atoms with Gasteiger partial charge < -0.3 is 20.6 Å². The largest absolute Gasteiger partial charge is 0.481 e. The number of fused-ring (bicyclic) bond motifs is 8. The van der Waals surface area contributed by atoms with E-state index < -0.39 is 11.4 Å². The number of nitrogens with two attached hydrogens (primary N) is 1. The van der Waals surface area contributed by atoms with Gasteiger partial charge in [0.25, 0.3) is 0 Å². The van der Waals surface area contributed by atoms with Crippen molar-refractivity contribution in [2.45, 2.75) is 112 Å². The fourth-order valence-corrected chi connectivity index (χ4v) is 13.2. The smallest absolute Gasteiger partial charge is 0.310 e. The van der Waals surface area contributed by atoms with Crippen LogP contribution in [0.3, 0.4) is 0 Å². The lowest BCUT2D eigenvalue weighted by molar-refractivity contribution is -0.175. The predicted octanol–water partition coefficient (Wildman–Crippen LogP) is 7.57. The van der Waals surface area contributed by atoms with Gasteiger partial charge in [-0.15, -0.1) is 0 Å². The van der Waals surface area contributed by atoms with Gasteiger partial charge in [0.1, 0.15) is 11.6 Å². The van der Waals surface area contributed by atoms with Crippen molar-refractivity contribution in [3.63, 3.8) is 0 Å². The summed E-state index contributed by atoms with van der Waals surface area (Å²) < 4.78 is 0. The number of aromatic nitrogens is 3. The molecule has 8 rings (SSSR count). The maximum Gasteiger partial charge on any atom is 0.310 e. The number of hydrogen-bond acceptors (Lipinski definition) is 6. The van der Waals surface area contributed by atoms with Crippen molar-refractivity contribution in [2.75, 3.05) is 43.9 Å². The summed E-state index contributed by atoms with van der Waals surface area (Å²) in [6.07, 6.45) is 10.7. The van der Waals surface area contributed by atoms with E-state index in [1.165, 1.54) is 22.3 Å². The van der Waals surface area contributed by atoms with E-state index in [-0.39, 0.29) is 33.0 Å². The molecule has 8 heteroatoms. The van der Waals surface area contributed by atoms with Gasteiger partial charge in [-0.3, -0.25) is 9.89 Å². The molecule has 3 saturated carbocycles. The fraction of sp³-hybridized carbons (Fsp3) is 0.732. The minimum atomic E-state index is -0.694. The molecular formula is C41H60N6O2. The molecule has 0 amide bonds. The van der Waals surface area contributed by atoms with Crippen LogP contribution in [0.1, 0.15) is 117 Å². The Morgan fingerprint density at radius 2 is 1.67 bits per heavy atom. The molecule has 2 aromatic heterocycles. The van der Waals surface area contributed by atoms with Gasteiger partial charge in [-0.05, 0) is 128 Å². The quantitative estimate of drug-likeness (QED) is 0.310. The predicted molar refractivity (Wildman–Crippen MR) is 196 cm³/mol. The molecule has 0 radical (unpaired) electrons. The number of aromatic amines is 1. The molecule has 7 unspecified atom stereocenters. The summed E-state index contributed by atoms with van der Waals surface area (Å²) in [5.74, 6) is 2.12. The number of anilines is 2. The summed E-state index contributed by atoms with van der Waals surface area (Å²) in [5.41, 5.74) is 12.4. The van der Waals surface area contributed by atoms with Crippen molar-refractivity contribution in [3.05, 3.63) is 40.7 Å². The second-order valence-electron chi connectivity index (χ2n) is 19.4. The molecule has 4 N–H and O–H groups in total. The molecule has 0 spiro atoms. The number of carbonyl (C=O) groups is 1. The third-order valence-corrected chi connectivity index (χ3v) is 16.3. The zero-order chi connectivity index (χ0) is 34.9. The van der Waals surface area contributed by atoms with Gasteiger partial charge in [0.15, 0.2) is 0 Å². The number of H-pyrrole nitrogens is 1. The van der Waals surface area contributed by atoms with Crippen LogP contribution < -0.4 is 10.6 Å². The fourth-order valence-electron chi connectivity index (χ4n) is 13.2. The molecule has 2 aromatic rings. The van der Waals surface area contributed by atoms with Gasteiger partial charge in [0.2, 0.25) is 0 Å². The number of likely N-dealkylation sites (N-methyl/N-ethyl adjacent to an activating group) is 1. The number of rotatable bonds is 3. The molecule has 3 heterocycles. The molecule has 4 fully saturated rings. The molecule has 7 atom stereocenters. The molecule has 5 aliphatic carbocycles. The van der Waals surface area contributed by atoms with Crippen molar-refractivity contribution in [2.24, 2.45) is 44.8 Å². The van der Waals surface area contributed by atoms with Gasteiger partial charge in [0.05, 0.1) is 11.1 Å². The van der Waals surface area contributed by atoms with Gasteiger partial charge in [0, 0.05) is 43.4 Å². The molecule has 266 valence electrons. The number of allylic oxidation sites excluding steroid dienone is 2. The first-order valence-corrected chi connectivity index (χ1v) is 19.2. The average molecular weight is 669 g/mol. The van der Waals surface area contributed by atoms with E-state index in [1.54, 1.807) is 0 Å². The Kier molecular flexibility index (Phi) is 7.19. The highest BCUT2D eigenvalue weighted by Crippen LogP contribution is 2.77. The van der Waals surface area contributed by atoms with Crippen LogP contribution in [0.15, 0.2) is 23.9 Å². The summed E-state index contributed by atoms with van der Waals surface area (Å²) in [6, 6.07) is 4.57. The number of carboxylic acid groups (broad SMARTS) is 1. The molecule has 0 bridgehead atoms. The summed E-state index contributed by atoms with van der Waals surface area (Å²) >= 11 is 0. The first-order valence-electron chi connectivity index (χ1n) is 19.2. The van der Waals surface area contributed by atoms with Crippen LogP contribution in [0.4, 0.5) is 11.6 Å². The molecule has 1 aliphatic heterocycles. The SMILES string of the molecule is CN1CCN(c2ccc(C3=C4C5CC(C)(C)CCC5(C(=O)O)CCC4(C)C4(C)CCC5C(C)(C)c6n[nH]c(N)c6CC5(C)C4C3)cn2)CC1. The van der Waals surface area contributed by atoms with Gasteiger partial charge in [-0.2, -0.15) is 5.10 Å². The first-order chi connectivity index (χ1) is 23.0. The van der Waals surface area contributed by atoms with Gasteiger partial charge in [-0.25, -0.2) is 4.98 Å². The van der Waals surface area contributed by atoms with Crippen LogP contribution in [0.5, 0.6) is 0 Å². The average Bonchev–Trinajstić information content (AvgIpc) is 3.41.